The Bertz CT molecular complexity index is 774. The SMILES string of the molecule is O[C@@]1(C(F)(F)F)c2cccc3c2N(CCC3)[C@H]1CCc1ccccc1. The Kier molecular flexibility index (Phi) is 3.80. The van der Waals surface area contributed by atoms with E-state index in [0.29, 0.717) is 18.7 Å². The number of aryl methyl sites for hydroxylation is 2. The predicted molar refractivity (Wildman–Crippen MR) is 90.6 cm³/mol. The maximum Gasteiger partial charge on any atom is 0.423 e. The summed E-state index contributed by atoms with van der Waals surface area (Å²) in [4.78, 5) is 1.80. The monoisotopic (exact) mass is 347 g/mol. The normalized spacial score (nSPS) is 25.1. The van der Waals surface area contributed by atoms with Crippen molar-refractivity contribution in [3.63, 3.8) is 0 Å². The van der Waals surface area contributed by atoms with Crippen LogP contribution in [0.4, 0.5) is 18.9 Å². The van der Waals surface area contributed by atoms with Crippen molar-refractivity contribution >= 4 is 5.69 Å². The average molecular weight is 347 g/mol. The van der Waals surface area contributed by atoms with Crippen LogP contribution >= 0.6 is 0 Å². The lowest BCUT2D eigenvalue weighted by molar-refractivity contribution is -0.271. The van der Waals surface area contributed by atoms with Gasteiger partial charge in [0.1, 0.15) is 0 Å². The molecule has 132 valence electrons. The minimum atomic E-state index is -4.71. The van der Waals surface area contributed by atoms with Crippen LogP contribution in [0.2, 0.25) is 0 Å². The second-order valence-electron chi connectivity index (χ2n) is 6.91. The Hall–Kier alpha value is -2.01. The van der Waals surface area contributed by atoms with E-state index in [4.69, 9.17) is 0 Å². The standard InChI is InChI=1S/C20H20F3NO/c21-20(22,23)19(25)16-10-4-8-15-9-5-13-24(18(15)16)17(19)12-11-14-6-2-1-3-7-14/h1-4,6-8,10,17,25H,5,9,11-13H2/t17-,19-/m0/s1. The number of para-hydroxylation sites is 1. The predicted octanol–water partition coefficient (Wildman–Crippen LogP) is 4.20. The van der Waals surface area contributed by atoms with Crippen LogP contribution in [0.1, 0.15) is 29.5 Å². The maximum atomic E-state index is 14.0. The number of benzene rings is 2. The van der Waals surface area contributed by atoms with Crippen LogP contribution in [0.25, 0.3) is 0 Å². The Labute approximate surface area is 144 Å². The number of anilines is 1. The van der Waals surface area contributed by atoms with Crippen LogP contribution in [0, 0.1) is 0 Å². The van der Waals surface area contributed by atoms with Gasteiger partial charge < -0.3 is 10.0 Å². The molecule has 0 radical (unpaired) electrons. The van der Waals surface area contributed by atoms with Crippen LogP contribution in [0.5, 0.6) is 0 Å². The minimum Gasteiger partial charge on any atom is -0.375 e. The first kappa shape index (κ1) is 16.5. The molecule has 2 atom stereocenters. The van der Waals surface area contributed by atoms with Gasteiger partial charge in [-0.25, -0.2) is 0 Å². The summed E-state index contributed by atoms with van der Waals surface area (Å²) in [7, 11) is 0. The third-order valence-electron chi connectivity index (χ3n) is 5.50. The van der Waals surface area contributed by atoms with E-state index < -0.39 is 17.8 Å². The number of aliphatic hydroxyl groups is 1. The molecule has 0 aromatic heterocycles. The van der Waals surface area contributed by atoms with E-state index >= 15 is 0 Å². The lowest BCUT2D eigenvalue weighted by atomic mass is 9.85. The van der Waals surface area contributed by atoms with Crippen molar-refractivity contribution in [2.24, 2.45) is 0 Å². The third-order valence-corrected chi connectivity index (χ3v) is 5.50. The lowest BCUT2D eigenvalue weighted by Crippen LogP contribution is -2.54. The third kappa shape index (κ3) is 2.44. The van der Waals surface area contributed by atoms with Crippen molar-refractivity contribution < 1.29 is 18.3 Å². The summed E-state index contributed by atoms with van der Waals surface area (Å²) in [5.41, 5.74) is -0.284. The highest BCUT2D eigenvalue weighted by Crippen LogP contribution is 2.55. The van der Waals surface area contributed by atoms with Crippen molar-refractivity contribution in [3.05, 3.63) is 65.2 Å². The Morgan fingerprint density at radius 1 is 1.08 bits per heavy atom. The summed E-state index contributed by atoms with van der Waals surface area (Å²) < 4.78 is 42.0. The number of alkyl halides is 3. The van der Waals surface area contributed by atoms with E-state index in [0.717, 1.165) is 24.0 Å². The molecule has 0 amide bonds. The van der Waals surface area contributed by atoms with Crippen molar-refractivity contribution in [3.8, 4) is 0 Å². The average Bonchev–Trinajstić information content (AvgIpc) is 2.86. The summed E-state index contributed by atoms with van der Waals surface area (Å²) in [5, 5.41) is 10.9. The molecule has 0 bridgehead atoms. The number of hydrogen-bond donors (Lipinski definition) is 1. The van der Waals surface area contributed by atoms with E-state index in [1.165, 1.54) is 6.07 Å². The summed E-state index contributed by atoms with van der Waals surface area (Å²) in [6, 6.07) is 13.4. The fourth-order valence-electron chi connectivity index (χ4n) is 4.36. The molecule has 1 N–H and O–H groups in total. The number of halogens is 3. The molecule has 2 nitrogen and oxygen atoms in total. The van der Waals surface area contributed by atoms with Gasteiger partial charge in [0.25, 0.3) is 0 Å². The molecule has 0 saturated carbocycles. The first-order chi connectivity index (χ1) is 11.9. The van der Waals surface area contributed by atoms with Gasteiger partial charge in [-0.3, -0.25) is 0 Å². The maximum absolute atomic E-state index is 14.0. The second-order valence-corrected chi connectivity index (χ2v) is 6.91. The van der Waals surface area contributed by atoms with Crippen LogP contribution in [0.3, 0.4) is 0 Å². The number of nitrogens with zero attached hydrogens (tertiary/aromatic N) is 1. The van der Waals surface area contributed by atoms with Gasteiger partial charge in [0.2, 0.25) is 5.60 Å². The quantitative estimate of drug-likeness (QED) is 0.899. The molecule has 0 fully saturated rings. The topological polar surface area (TPSA) is 23.5 Å². The lowest BCUT2D eigenvalue weighted by Gasteiger charge is -2.38. The Balaban J connectivity index is 1.75. The Morgan fingerprint density at radius 3 is 2.56 bits per heavy atom. The zero-order chi connectivity index (χ0) is 17.7. The molecule has 2 aliphatic heterocycles. The smallest absolute Gasteiger partial charge is 0.375 e. The molecular formula is C20H20F3NO. The summed E-state index contributed by atoms with van der Waals surface area (Å²) >= 11 is 0. The van der Waals surface area contributed by atoms with Gasteiger partial charge in [-0.15, -0.1) is 0 Å². The minimum absolute atomic E-state index is 0.0234. The fraction of sp³-hybridized carbons (Fsp3) is 0.400. The van der Waals surface area contributed by atoms with Gasteiger partial charge in [0.05, 0.1) is 6.04 Å². The zero-order valence-electron chi connectivity index (χ0n) is 13.8. The van der Waals surface area contributed by atoms with Crippen LogP contribution in [-0.4, -0.2) is 23.9 Å². The van der Waals surface area contributed by atoms with Crippen molar-refractivity contribution in [2.75, 3.05) is 11.4 Å². The molecule has 2 heterocycles. The first-order valence-corrected chi connectivity index (χ1v) is 8.65. The van der Waals surface area contributed by atoms with Gasteiger partial charge in [0, 0.05) is 17.8 Å². The highest BCUT2D eigenvalue weighted by molar-refractivity contribution is 5.69. The fourth-order valence-corrected chi connectivity index (χ4v) is 4.36. The summed E-state index contributed by atoms with van der Waals surface area (Å²) in [6.45, 7) is 0.557. The molecule has 2 aromatic rings. The molecule has 0 unspecified atom stereocenters. The molecule has 25 heavy (non-hydrogen) atoms. The zero-order valence-corrected chi connectivity index (χ0v) is 13.8. The van der Waals surface area contributed by atoms with E-state index in [9.17, 15) is 18.3 Å². The van der Waals surface area contributed by atoms with Gasteiger partial charge in [-0.1, -0.05) is 48.5 Å². The van der Waals surface area contributed by atoms with Crippen LogP contribution < -0.4 is 4.90 Å². The van der Waals surface area contributed by atoms with Crippen LogP contribution in [-0.2, 0) is 18.4 Å². The molecule has 0 spiro atoms. The summed E-state index contributed by atoms with van der Waals surface area (Å²) in [6.07, 6.45) is -2.37. The van der Waals surface area contributed by atoms with E-state index in [2.05, 4.69) is 0 Å². The molecule has 4 rings (SSSR count). The van der Waals surface area contributed by atoms with Crippen LogP contribution in [0.15, 0.2) is 48.5 Å². The van der Waals surface area contributed by atoms with Gasteiger partial charge in [-0.2, -0.15) is 13.2 Å². The van der Waals surface area contributed by atoms with Gasteiger partial charge >= 0.3 is 6.18 Å². The highest BCUT2D eigenvalue weighted by atomic mass is 19.4. The number of hydrogen-bond acceptors (Lipinski definition) is 2. The summed E-state index contributed by atoms with van der Waals surface area (Å²) in [5.74, 6) is 0. The molecule has 0 aliphatic carbocycles. The highest BCUT2D eigenvalue weighted by Gasteiger charge is 2.65. The largest absolute Gasteiger partial charge is 0.423 e. The van der Waals surface area contributed by atoms with Gasteiger partial charge in [-0.05, 0) is 36.8 Å². The first-order valence-electron chi connectivity index (χ1n) is 8.65. The van der Waals surface area contributed by atoms with E-state index in [1.54, 1.807) is 11.0 Å². The molecule has 2 aliphatic rings. The van der Waals surface area contributed by atoms with Crippen molar-refractivity contribution in [2.45, 2.75) is 43.5 Å². The molecule has 5 heteroatoms. The van der Waals surface area contributed by atoms with Crippen molar-refractivity contribution in [1.82, 2.24) is 0 Å². The second kappa shape index (κ2) is 5.77. The Morgan fingerprint density at radius 2 is 1.84 bits per heavy atom. The molecule has 0 saturated heterocycles. The van der Waals surface area contributed by atoms with Crippen molar-refractivity contribution in [1.29, 1.82) is 0 Å². The number of rotatable bonds is 3. The van der Waals surface area contributed by atoms with E-state index in [-0.39, 0.29) is 12.0 Å². The van der Waals surface area contributed by atoms with Gasteiger partial charge in [0.15, 0.2) is 0 Å². The van der Waals surface area contributed by atoms with E-state index in [1.807, 2.05) is 36.4 Å². The molecule has 2 aromatic carbocycles. The molecular weight excluding hydrogens is 327 g/mol.